The lowest BCUT2D eigenvalue weighted by atomic mass is 10.1. The molecule has 1 aliphatic carbocycles. The summed E-state index contributed by atoms with van der Waals surface area (Å²) in [6.45, 7) is 1.94. The van der Waals surface area contributed by atoms with Gasteiger partial charge in [0, 0.05) is 6.42 Å². The van der Waals surface area contributed by atoms with Gasteiger partial charge >= 0.3 is 0 Å². The Morgan fingerprint density at radius 1 is 1.59 bits per heavy atom. The fraction of sp³-hybridized carbons (Fsp3) is 0.462. The molecule has 0 radical (unpaired) electrons. The van der Waals surface area contributed by atoms with Crippen LogP contribution in [-0.2, 0) is 11.2 Å². The molecule has 0 saturated carbocycles. The third-order valence-electron chi connectivity index (χ3n) is 3.14. The number of carbonyl (C=O) groups excluding carboxylic acids is 1. The van der Waals surface area contributed by atoms with E-state index in [0.29, 0.717) is 6.42 Å². The Hall–Kier alpha value is -0.870. The molecule has 0 fully saturated rings. The first-order valence-corrected chi connectivity index (χ1v) is 6.75. The second-order valence-electron chi connectivity index (χ2n) is 4.33. The van der Waals surface area contributed by atoms with Crippen LogP contribution in [0.2, 0.25) is 0 Å². The van der Waals surface area contributed by atoms with Crippen LogP contribution in [0.5, 0.6) is 0 Å². The van der Waals surface area contributed by atoms with Gasteiger partial charge in [-0.2, -0.15) is 0 Å². The van der Waals surface area contributed by atoms with E-state index in [1.807, 2.05) is 31.2 Å². The molecule has 0 aliphatic heterocycles. The number of fused-ring (bicyclic) bond motifs is 1. The van der Waals surface area contributed by atoms with Crippen molar-refractivity contribution in [2.45, 2.75) is 36.7 Å². The molecule has 92 valence electrons. The van der Waals surface area contributed by atoms with Gasteiger partial charge in [-0.05, 0) is 17.5 Å². The molecule has 17 heavy (non-hydrogen) atoms. The molecule has 1 aromatic rings. The quantitative estimate of drug-likeness (QED) is 0.838. The summed E-state index contributed by atoms with van der Waals surface area (Å²) < 4.78 is 0. The van der Waals surface area contributed by atoms with Gasteiger partial charge in [-0.25, -0.2) is 0 Å². The van der Waals surface area contributed by atoms with Crippen molar-refractivity contribution in [3.8, 4) is 0 Å². The van der Waals surface area contributed by atoms with Crippen LogP contribution in [0.15, 0.2) is 24.3 Å². The van der Waals surface area contributed by atoms with Crippen LogP contribution in [-0.4, -0.2) is 21.9 Å². The van der Waals surface area contributed by atoms with Crippen LogP contribution >= 0.6 is 15.9 Å². The minimum Gasteiger partial charge on any atom is -0.390 e. The number of carbonyl (C=O) groups is 1. The summed E-state index contributed by atoms with van der Waals surface area (Å²) in [5.41, 5.74) is 2.15. The van der Waals surface area contributed by atoms with Crippen LogP contribution in [0.3, 0.4) is 0 Å². The average molecular weight is 298 g/mol. The highest BCUT2D eigenvalue weighted by molar-refractivity contribution is 9.10. The van der Waals surface area contributed by atoms with Crippen molar-refractivity contribution in [2.75, 3.05) is 0 Å². The highest BCUT2D eigenvalue weighted by Crippen LogP contribution is 2.31. The van der Waals surface area contributed by atoms with Crippen molar-refractivity contribution in [3.05, 3.63) is 35.4 Å². The Kier molecular flexibility index (Phi) is 3.84. The summed E-state index contributed by atoms with van der Waals surface area (Å²) in [4.78, 5) is 11.6. The fourth-order valence-electron chi connectivity index (χ4n) is 2.18. The summed E-state index contributed by atoms with van der Waals surface area (Å²) in [5.74, 6) is -0.0618. The summed E-state index contributed by atoms with van der Waals surface area (Å²) >= 11 is 3.32. The summed E-state index contributed by atoms with van der Waals surface area (Å²) in [7, 11) is 0. The Bertz CT molecular complexity index is 422. The van der Waals surface area contributed by atoms with Gasteiger partial charge in [-0.3, -0.25) is 4.79 Å². The molecule has 0 bridgehead atoms. The molecule has 2 rings (SSSR count). The van der Waals surface area contributed by atoms with Gasteiger partial charge < -0.3 is 10.4 Å². The summed E-state index contributed by atoms with van der Waals surface area (Å²) in [6, 6.07) is 7.57. The van der Waals surface area contributed by atoms with E-state index >= 15 is 0 Å². The second-order valence-corrected chi connectivity index (χ2v) is 5.44. The van der Waals surface area contributed by atoms with E-state index in [0.717, 1.165) is 17.5 Å². The Labute approximate surface area is 109 Å². The van der Waals surface area contributed by atoms with E-state index < -0.39 is 6.10 Å². The smallest absolute Gasteiger partial charge is 0.234 e. The van der Waals surface area contributed by atoms with Crippen molar-refractivity contribution in [3.63, 3.8) is 0 Å². The molecule has 4 heteroatoms. The first-order valence-electron chi connectivity index (χ1n) is 5.83. The van der Waals surface area contributed by atoms with Crippen molar-refractivity contribution in [1.29, 1.82) is 0 Å². The number of halogens is 1. The Morgan fingerprint density at radius 2 is 2.29 bits per heavy atom. The number of hydrogen-bond donors (Lipinski definition) is 2. The Balaban J connectivity index is 2.14. The monoisotopic (exact) mass is 297 g/mol. The van der Waals surface area contributed by atoms with Crippen LogP contribution in [0.4, 0.5) is 0 Å². The molecule has 3 nitrogen and oxygen atoms in total. The first-order chi connectivity index (χ1) is 8.13. The number of aliphatic hydroxyl groups excluding tert-OH is 1. The molecule has 0 spiro atoms. The molecule has 3 atom stereocenters. The largest absolute Gasteiger partial charge is 0.390 e. The lowest BCUT2D eigenvalue weighted by Gasteiger charge is -2.19. The van der Waals surface area contributed by atoms with Gasteiger partial charge in [-0.1, -0.05) is 47.1 Å². The molecular weight excluding hydrogens is 282 g/mol. The normalized spacial score (nSPS) is 24.2. The molecule has 2 N–H and O–H groups in total. The minimum atomic E-state index is -0.520. The molecule has 1 amide bonds. The molecule has 0 heterocycles. The molecular formula is C13H16BrNO2. The minimum absolute atomic E-state index is 0.0618. The van der Waals surface area contributed by atoms with E-state index in [1.54, 1.807) is 0 Å². The first kappa shape index (κ1) is 12.6. The number of hydrogen-bond acceptors (Lipinski definition) is 2. The van der Waals surface area contributed by atoms with Gasteiger partial charge in [0.05, 0.1) is 17.0 Å². The van der Waals surface area contributed by atoms with Crippen molar-refractivity contribution >= 4 is 21.8 Å². The topological polar surface area (TPSA) is 49.3 Å². The number of benzene rings is 1. The fourth-order valence-corrected chi connectivity index (χ4v) is 2.31. The van der Waals surface area contributed by atoms with E-state index in [9.17, 15) is 9.90 Å². The zero-order chi connectivity index (χ0) is 12.4. The molecule has 1 aromatic carbocycles. The molecule has 0 saturated heterocycles. The van der Waals surface area contributed by atoms with E-state index in [-0.39, 0.29) is 16.8 Å². The summed E-state index contributed by atoms with van der Waals surface area (Å²) in [5, 5.41) is 12.9. The van der Waals surface area contributed by atoms with Gasteiger partial charge in [-0.15, -0.1) is 0 Å². The number of nitrogens with one attached hydrogen (secondary N) is 1. The maximum Gasteiger partial charge on any atom is 0.234 e. The molecule has 1 aliphatic rings. The average Bonchev–Trinajstić information content (AvgIpc) is 2.65. The maximum atomic E-state index is 11.8. The number of aliphatic hydroxyl groups is 1. The van der Waals surface area contributed by atoms with Crippen LogP contribution in [0, 0.1) is 0 Å². The van der Waals surface area contributed by atoms with E-state index in [2.05, 4.69) is 21.2 Å². The maximum absolute atomic E-state index is 11.8. The van der Waals surface area contributed by atoms with E-state index in [4.69, 9.17) is 0 Å². The van der Waals surface area contributed by atoms with Crippen LogP contribution in [0.1, 0.15) is 30.5 Å². The van der Waals surface area contributed by atoms with Crippen LogP contribution in [0.25, 0.3) is 0 Å². The lowest BCUT2D eigenvalue weighted by Crippen LogP contribution is -2.38. The Morgan fingerprint density at radius 3 is 3.00 bits per heavy atom. The zero-order valence-corrected chi connectivity index (χ0v) is 11.3. The molecule has 0 aromatic heterocycles. The highest BCUT2D eigenvalue weighted by Gasteiger charge is 2.32. The predicted octanol–water partition coefficient (Wildman–Crippen LogP) is 1.93. The van der Waals surface area contributed by atoms with Gasteiger partial charge in [0.15, 0.2) is 0 Å². The standard InChI is InChI=1S/C13H16BrNO2/c1-2-10(14)13(17)15-12-9-6-4-3-5-8(9)7-11(12)16/h3-6,10-12,16H,2,7H2,1H3,(H,15,17)/t10?,11-,12+/m1/s1. The van der Waals surface area contributed by atoms with E-state index in [1.165, 1.54) is 0 Å². The highest BCUT2D eigenvalue weighted by atomic mass is 79.9. The van der Waals surface area contributed by atoms with Gasteiger partial charge in [0.2, 0.25) is 5.91 Å². The number of rotatable bonds is 3. The SMILES string of the molecule is CCC(Br)C(=O)N[C@H]1c2ccccc2C[C@H]1O. The van der Waals surface area contributed by atoms with Gasteiger partial charge in [0.25, 0.3) is 0 Å². The third kappa shape index (κ3) is 2.53. The van der Waals surface area contributed by atoms with Crippen molar-refractivity contribution < 1.29 is 9.90 Å². The molecule has 1 unspecified atom stereocenters. The predicted molar refractivity (Wildman–Crippen MR) is 70.0 cm³/mol. The van der Waals surface area contributed by atoms with Crippen molar-refractivity contribution in [2.24, 2.45) is 0 Å². The summed E-state index contributed by atoms with van der Waals surface area (Å²) in [6.07, 6.45) is 0.823. The van der Waals surface area contributed by atoms with Crippen LogP contribution < -0.4 is 5.32 Å². The lowest BCUT2D eigenvalue weighted by molar-refractivity contribution is -0.122. The van der Waals surface area contributed by atoms with Crippen molar-refractivity contribution in [1.82, 2.24) is 5.32 Å². The number of alkyl halides is 1. The number of amides is 1. The zero-order valence-electron chi connectivity index (χ0n) is 9.69. The third-order valence-corrected chi connectivity index (χ3v) is 4.21. The second kappa shape index (κ2) is 5.19. The van der Waals surface area contributed by atoms with Gasteiger partial charge in [0.1, 0.15) is 0 Å².